The van der Waals surface area contributed by atoms with Crippen molar-refractivity contribution in [3.63, 3.8) is 0 Å². The Morgan fingerprint density at radius 1 is 0.839 bits per heavy atom. The van der Waals surface area contributed by atoms with Gasteiger partial charge in [-0.25, -0.2) is 0 Å². The van der Waals surface area contributed by atoms with E-state index in [2.05, 4.69) is 21.3 Å². The van der Waals surface area contributed by atoms with Gasteiger partial charge >= 0.3 is 0 Å². The highest BCUT2D eigenvalue weighted by atomic mass is 16.2. The van der Waals surface area contributed by atoms with Crippen molar-refractivity contribution >= 4 is 17.7 Å². The Bertz CT molecular complexity index is 708. The van der Waals surface area contributed by atoms with Gasteiger partial charge in [-0.15, -0.1) is 0 Å². The summed E-state index contributed by atoms with van der Waals surface area (Å²) in [5, 5.41) is 12.0. The summed E-state index contributed by atoms with van der Waals surface area (Å²) < 4.78 is 0. The normalized spacial score (nSPS) is 24.9. The van der Waals surface area contributed by atoms with Gasteiger partial charge < -0.3 is 21.3 Å². The highest BCUT2D eigenvalue weighted by molar-refractivity contribution is 5.92. The molecule has 1 aliphatic rings. The molecule has 0 spiro atoms. The van der Waals surface area contributed by atoms with Gasteiger partial charge in [0.2, 0.25) is 17.7 Å². The number of carbonyl (C=O) groups is 3. The minimum absolute atomic E-state index is 0.156. The van der Waals surface area contributed by atoms with E-state index in [1.165, 1.54) is 0 Å². The lowest BCUT2D eigenvalue weighted by molar-refractivity contribution is -0.132. The van der Waals surface area contributed by atoms with Gasteiger partial charge in [-0.2, -0.15) is 0 Å². The van der Waals surface area contributed by atoms with Crippen molar-refractivity contribution in [2.45, 2.75) is 77.4 Å². The summed E-state index contributed by atoms with van der Waals surface area (Å²) in [5.41, 5.74) is 1.07. The minimum atomic E-state index is -0.733. The SMILES string of the molecule is CC(C)C[C@@H]1NC(=O)[C@H](C)NC(=O)[C@@H](Cc2ccccc2)NCCCCCCNC1=O. The van der Waals surface area contributed by atoms with Crippen LogP contribution in [-0.4, -0.2) is 48.9 Å². The molecular weight excluding hydrogens is 392 g/mol. The third kappa shape index (κ3) is 9.09. The fraction of sp³-hybridized carbons (Fsp3) is 0.625. The number of nitrogens with one attached hydrogen (secondary N) is 4. The molecule has 0 radical (unpaired) electrons. The van der Waals surface area contributed by atoms with Gasteiger partial charge in [0.1, 0.15) is 12.1 Å². The summed E-state index contributed by atoms with van der Waals surface area (Å²) in [5.74, 6) is -0.453. The first-order chi connectivity index (χ1) is 14.9. The van der Waals surface area contributed by atoms with Gasteiger partial charge in [0.15, 0.2) is 0 Å². The predicted octanol–water partition coefficient (Wildman–Crippen LogP) is 1.91. The number of hydrogen-bond donors (Lipinski definition) is 4. The van der Waals surface area contributed by atoms with Gasteiger partial charge in [0.05, 0.1) is 6.04 Å². The average Bonchev–Trinajstić information content (AvgIpc) is 2.73. The van der Waals surface area contributed by atoms with Gasteiger partial charge in [-0.3, -0.25) is 14.4 Å². The van der Waals surface area contributed by atoms with Crippen LogP contribution < -0.4 is 21.3 Å². The molecule has 31 heavy (non-hydrogen) atoms. The smallest absolute Gasteiger partial charge is 0.242 e. The van der Waals surface area contributed by atoms with E-state index in [0.717, 1.165) is 37.8 Å². The summed E-state index contributed by atoms with van der Waals surface area (Å²) in [7, 11) is 0. The van der Waals surface area contributed by atoms with Crippen LogP contribution in [0.25, 0.3) is 0 Å². The largest absolute Gasteiger partial charge is 0.354 e. The van der Waals surface area contributed by atoms with Crippen LogP contribution >= 0.6 is 0 Å². The van der Waals surface area contributed by atoms with E-state index in [9.17, 15) is 14.4 Å². The van der Waals surface area contributed by atoms with Crippen molar-refractivity contribution in [2.24, 2.45) is 5.92 Å². The van der Waals surface area contributed by atoms with E-state index in [1.54, 1.807) is 6.92 Å². The fourth-order valence-electron chi connectivity index (χ4n) is 3.70. The molecule has 0 saturated carbocycles. The van der Waals surface area contributed by atoms with Crippen molar-refractivity contribution in [1.82, 2.24) is 21.3 Å². The summed E-state index contributed by atoms with van der Waals surface area (Å²) >= 11 is 0. The fourth-order valence-corrected chi connectivity index (χ4v) is 3.70. The second-order valence-electron chi connectivity index (χ2n) is 8.82. The lowest BCUT2D eigenvalue weighted by Gasteiger charge is -2.25. The predicted molar refractivity (Wildman–Crippen MR) is 122 cm³/mol. The minimum Gasteiger partial charge on any atom is -0.354 e. The molecule has 0 unspecified atom stereocenters. The second-order valence-corrected chi connectivity index (χ2v) is 8.82. The molecule has 7 heteroatoms. The number of amides is 3. The van der Waals surface area contributed by atoms with Crippen LogP contribution in [0, 0.1) is 5.92 Å². The van der Waals surface area contributed by atoms with Crippen LogP contribution in [0.4, 0.5) is 0 Å². The third-order valence-electron chi connectivity index (χ3n) is 5.48. The van der Waals surface area contributed by atoms with Crippen molar-refractivity contribution in [3.8, 4) is 0 Å². The van der Waals surface area contributed by atoms with E-state index in [4.69, 9.17) is 0 Å². The molecule has 3 amide bonds. The molecule has 172 valence electrons. The van der Waals surface area contributed by atoms with Crippen molar-refractivity contribution in [3.05, 3.63) is 35.9 Å². The lowest BCUT2D eigenvalue weighted by Crippen LogP contribution is -2.56. The Labute approximate surface area is 186 Å². The molecule has 0 aromatic heterocycles. The zero-order valence-corrected chi connectivity index (χ0v) is 19.1. The maximum absolute atomic E-state index is 13.0. The molecule has 0 bridgehead atoms. The maximum Gasteiger partial charge on any atom is 0.242 e. The van der Waals surface area contributed by atoms with Crippen LogP contribution in [0.2, 0.25) is 0 Å². The van der Waals surface area contributed by atoms with Crippen LogP contribution in [0.5, 0.6) is 0 Å². The topological polar surface area (TPSA) is 99.3 Å². The molecule has 1 aromatic rings. The molecule has 4 N–H and O–H groups in total. The number of rotatable bonds is 4. The van der Waals surface area contributed by atoms with Crippen LogP contribution in [-0.2, 0) is 20.8 Å². The van der Waals surface area contributed by atoms with Crippen LogP contribution in [0.15, 0.2) is 30.3 Å². The first-order valence-corrected chi connectivity index (χ1v) is 11.5. The number of hydrogen-bond acceptors (Lipinski definition) is 4. The zero-order chi connectivity index (χ0) is 22.6. The molecule has 1 heterocycles. The molecule has 1 aliphatic heterocycles. The highest BCUT2D eigenvalue weighted by Gasteiger charge is 2.27. The van der Waals surface area contributed by atoms with E-state index in [1.807, 2.05) is 44.2 Å². The Morgan fingerprint density at radius 3 is 2.19 bits per heavy atom. The molecule has 2 rings (SSSR count). The average molecular weight is 431 g/mol. The van der Waals surface area contributed by atoms with Gasteiger partial charge in [-0.1, -0.05) is 57.0 Å². The standard InChI is InChI=1S/C24H38N4O3/c1-17(2)15-21-23(30)26-14-10-5-4-9-13-25-20(16-19-11-7-6-8-12-19)24(31)27-18(3)22(29)28-21/h6-8,11-12,17-18,20-21,25H,4-5,9-10,13-16H2,1-3H3,(H,26,30)(H,27,31)(H,28,29)/t18-,20+,21-/m0/s1. The molecular formula is C24H38N4O3. The quantitative estimate of drug-likeness (QED) is 0.586. The van der Waals surface area contributed by atoms with Crippen LogP contribution in [0.3, 0.4) is 0 Å². The first-order valence-electron chi connectivity index (χ1n) is 11.5. The summed E-state index contributed by atoms with van der Waals surface area (Å²) in [6.45, 7) is 7.03. The zero-order valence-electron chi connectivity index (χ0n) is 19.1. The van der Waals surface area contributed by atoms with Gasteiger partial charge in [-0.05, 0) is 50.6 Å². The van der Waals surface area contributed by atoms with E-state index in [-0.39, 0.29) is 23.6 Å². The monoisotopic (exact) mass is 430 g/mol. The van der Waals surface area contributed by atoms with E-state index in [0.29, 0.717) is 19.4 Å². The lowest BCUT2D eigenvalue weighted by atomic mass is 10.0. The van der Waals surface area contributed by atoms with Crippen molar-refractivity contribution < 1.29 is 14.4 Å². The van der Waals surface area contributed by atoms with Crippen LogP contribution in [0.1, 0.15) is 58.4 Å². The summed E-state index contributed by atoms with van der Waals surface area (Å²) in [4.78, 5) is 38.3. The van der Waals surface area contributed by atoms with Crippen molar-refractivity contribution in [1.29, 1.82) is 0 Å². The van der Waals surface area contributed by atoms with Crippen molar-refractivity contribution in [2.75, 3.05) is 13.1 Å². The molecule has 3 atom stereocenters. The number of carbonyl (C=O) groups excluding carboxylic acids is 3. The Kier molecular flexibility index (Phi) is 10.5. The molecule has 0 aliphatic carbocycles. The molecule has 7 nitrogen and oxygen atoms in total. The van der Waals surface area contributed by atoms with Gasteiger partial charge in [0.25, 0.3) is 0 Å². The Hall–Kier alpha value is -2.41. The second kappa shape index (κ2) is 13.1. The first kappa shape index (κ1) is 24.9. The Balaban J connectivity index is 2.10. The van der Waals surface area contributed by atoms with E-state index < -0.39 is 18.1 Å². The third-order valence-corrected chi connectivity index (χ3v) is 5.48. The summed E-state index contributed by atoms with van der Waals surface area (Å²) in [6, 6.07) is 8.11. The highest BCUT2D eigenvalue weighted by Crippen LogP contribution is 2.08. The Morgan fingerprint density at radius 2 is 1.52 bits per heavy atom. The number of benzene rings is 1. The van der Waals surface area contributed by atoms with Gasteiger partial charge in [0, 0.05) is 6.54 Å². The molecule has 1 fully saturated rings. The molecule has 1 saturated heterocycles. The summed E-state index contributed by atoms with van der Waals surface area (Å²) in [6.07, 6.45) is 5.01. The molecule has 1 aromatic carbocycles. The van der Waals surface area contributed by atoms with E-state index >= 15 is 0 Å². The maximum atomic E-state index is 13.0.